The van der Waals surface area contributed by atoms with E-state index in [1.165, 1.54) is 0 Å². The van der Waals surface area contributed by atoms with Crippen LogP contribution in [0.15, 0.2) is 18.3 Å². The van der Waals surface area contributed by atoms with Crippen LogP contribution in [0.3, 0.4) is 0 Å². The molecule has 2 aliphatic rings. The normalized spacial score (nSPS) is 26.3. The summed E-state index contributed by atoms with van der Waals surface area (Å²) in [7, 11) is 0. The van der Waals surface area contributed by atoms with E-state index in [0.717, 1.165) is 30.4 Å². The third-order valence-corrected chi connectivity index (χ3v) is 5.00. The lowest BCUT2D eigenvalue weighted by Gasteiger charge is -2.36. The molecule has 0 aliphatic carbocycles. The van der Waals surface area contributed by atoms with Gasteiger partial charge in [-0.2, -0.15) is 11.8 Å². The highest BCUT2D eigenvalue weighted by Crippen LogP contribution is 2.20. The molecule has 5 nitrogen and oxygen atoms in total. The first-order chi connectivity index (χ1) is 10.1. The van der Waals surface area contributed by atoms with Crippen LogP contribution in [-0.4, -0.2) is 53.7 Å². The minimum Gasteiger partial charge on any atom is -0.372 e. The molecule has 0 saturated carbocycles. The van der Waals surface area contributed by atoms with Gasteiger partial charge in [0.2, 0.25) is 0 Å². The van der Waals surface area contributed by atoms with E-state index >= 15 is 0 Å². The van der Waals surface area contributed by atoms with Crippen molar-refractivity contribution < 1.29 is 9.53 Å². The molecule has 1 aromatic rings. The minimum absolute atomic E-state index is 0.0249. The molecule has 0 radical (unpaired) electrons. The number of rotatable bonds is 3. The molecular formula is C15H21N3O2S. The highest BCUT2D eigenvalue weighted by atomic mass is 32.2. The van der Waals surface area contributed by atoms with E-state index in [1.54, 1.807) is 6.20 Å². The molecule has 2 unspecified atom stereocenters. The van der Waals surface area contributed by atoms with Crippen LogP contribution in [0.25, 0.3) is 0 Å². The largest absolute Gasteiger partial charge is 0.372 e. The van der Waals surface area contributed by atoms with Crippen LogP contribution in [0.4, 0.5) is 5.82 Å². The summed E-state index contributed by atoms with van der Waals surface area (Å²) in [6.45, 7) is 5.81. The molecule has 2 saturated heterocycles. The van der Waals surface area contributed by atoms with Crippen molar-refractivity contribution in [3.8, 4) is 0 Å². The zero-order valence-corrected chi connectivity index (χ0v) is 13.2. The second-order valence-corrected chi connectivity index (χ2v) is 6.85. The Morgan fingerprint density at radius 3 is 2.57 bits per heavy atom. The molecule has 1 N–H and O–H groups in total. The van der Waals surface area contributed by atoms with Gasteiger partial charge in [-0.15, -0.1) is 0 Å². The molecule has 0 spiro atoms. The third kappa shape index (κ3) is 3.49. The highest BCUT2D eigenvalue weighted by molar-refractivity contribution is 8.00. The summed E-state index contributed by atoms with van der Waals surface area (Å²) < 4.78 is 5.73. The Kier molecular flexibility index (Phi) is 4.35. The molecule has 21 heavy (non-hydrogen) atoms. The van der Waals surface area contributed by atoms with Crippen LogP contribution < -0.4 is 10.2 Å². The van der Waals surface area contributed by atoms with Gasteiger partial charge in [0.1, 0.15) is 5.82 Å². The molecule has 1 amide bonds. The van der Waals surface area contributed by atoms with Gasteiger partial charge in [-0.3, -0.25) is 4.79 Å². The van der Waals surface area contributed by atoms with Gasteiger partial charge in [0.25, 0.3) is 5.91 Å². The van der Waals surface area contributed by atoms with E-state index < -0.39 is 0 Å². The van der Waals surface area contributed by atoms with Crippen LogP contribution >= 0.6 is 11.8 Å². The molecule has 0 aromatic carbocycles. The average Bonchev–Trinajstić information content (AvgIpc) is 2.42. The van der Waals surface area contributed by atoms with Crippen LogP contribution in [0.2, 0.25) is 0 Å². The van der Waals surface area contributed by atoms with Crippen molar-refractivity contribution in [3.63, 3.8) is 0 Å². The number of carbonyl (C=O) groups excluding carboxylic acids is 1. The Morgan fingerprint density at radius 2 is 2.05 bits per heavy atom. The van der Waals surface area contributed by atoms with E-state index in [4.69, 9.17) is 4.74 Å². The first kappa shape index (κ1) is 14.7. The number of ether oxygens (including phenoxy) is 1. The Bertz CT molecular complexity index is 494. The van der Waals surface area contributed by atoms with Crippen molar-refractivity contribution in [1.82, 2.24) is 10.3 Å². The maximum Gasteiger partial charge on any atom is 0.253 e. The molecule has 3 rings (SSSR count). The quantitative estimate of drug-likeness (QED) is 0.918. The number of morpholine rings is 1. The Morgan fingerprint density at radius 1 is 1.33 bits per heavy atom. The van der Waals surface area contributed by atoms with E-state index in [2.05, 4.69) is 29.0 Å². The van der Waals surface area contributed by atoms with E-state index in [0.29, 0.717) is 11.6 Å². The number of hydrogen-bond donors (Lipinski definition) is 1. The second kappa shape index (κ2) is 6.23. The third-order valence-electron chi connectivity index (χ3n) is 3.73. The molecule has 3 heterocycles. The van der Waals surface area contributed by atoms with Crippen molar-refractivity contribution in [2.45, 2.75) is 32.1 Å². The lowest BCUT2D eigenvalue weighted by atomic mass is 10.2. The van der Waals surface area contributed by atoms with Gasteiger partial charge in [0, 0.05) is 36.8 Å². The first-order valence-electron chi connectivity index (χ1n) is 7.37. The SMILES string of the molecule is CC1CN(c2ccc(C(=O)NC3CSC3)cn2)CC(C)O1. The second-order valence-electron chi connectivity index (χ2n) is 5.78. The fraction of sp³-hybridized carbons (Fsp3) is 0.600. The number of anilines is 1. The van der Waals surface area contributed by atoms with Crippen molar-refractivity contribution in [2.75, 3.05) is 29.5 Å². The summed E-state index contributed by atoms with van der Waals surface area (Å²) in [6.07, 6.45) is 2.07. The number of amides is 1. The van der Waals surface area contributed by atoms with Gasteiger partial charge >= 0.3 is 0 Å². The molecule has 0 bridgehead atoms. The summed E-state index contributed by atoms with van der Waals surface area (Å²) in [5, 5.41) is 3.01. The first-order valence-corrected chi connectivity index (χ1v) is 8.52. The van der Waals surface area contributed by atoms with Crippen LogP contribution in [0.1, 0.15) is 24.2 Å². The summed E-state index contributed by atoms with van der Waals surface area (Å²) in [5.41, 5.74) is 0.630. The summed E-state index contributed by atoms with van der Waals surface area (Å²) in [5.74, 6) is 2.91. The lowest BCUT2D eigenvalue weighted by Crippen LogP contribution is -2.46. The Labute approximate surface area is 129 Å². The predicted molar refractivity (Wildman–Crippen MR) is 85.0 cm³/mol. The maximum absolute atomic E-state index is 12.0. The topological polar surface area (TPSA) is 54.5 Å². The van der Waals surface area contributed by atoms with Gasteiger partial charge in [-0.25, -0.2) is 4.98 Å². The molecular weight excluding hydrogens is 286 g/mol. The van der Waals surface area contributed by atoms with Crippen molar-refractivity contribution in [1.29, 1.82) is 0 Å². The van der Waals surface area contributed by atoms with Crippen LogP contribution in [0.5, 0.6) is 0 Å². The van der Waals surface area contributed by atoms with E-state index in [1.807, 2.05) is 23.9 Å². The van der Waals surface area contributed by atoms with Gasteiger partial charge in [0.05, 0.1) is 17.8 Å². The molecule has 114 valence electrons. The smallest absolute Gasteiger partial charge is 0.253 e. The number of carbonyl (C=O) groups is 1. The van der Waals surface area contributed by atoms with Gasteiger partial charge in [0.15, 0.2) is 0 Å². The van der Waals surface area contributed by atoms with Crippen molar-refractivity contribution in [3.05, 3.63) is 23.9 Å². The number of pyridine rings is 1. The molecule has 2 atom stereocenters. The van der Waals surface area contributed by atoms with Crippen LogP contribution in [0, 0.1) is 0 Å². The maximum atomic E-state index is 12.0. The average molecular weight is 307 g/mol. The number of nitrogens with one attached hydrogen (secondary N) is 1. The highest BCUT2D eigenvalue weighted by Gasteiger charge is 2.24. The van der Waals surface area contributed by atoms with Gasteiger partial charge < -0.3 is 15.0 Å². The minimum atomic E-state index is -0.0249. The lowest BCUT2D eigenvalue weighted by molar-refractivity contribution is -0.00546. The molecule has 1 aromatic heterocycles. The standard InChI is InChI=1S/C15H21N3O2S/c1-10-6-18(7-11(2)20-10)14-4-3-12(5-16-14)15(19)17-13-8-21-9-13/h3-5,10-11,13H,6-9H2,1-2H3,(H,17,19). The molecule has 2 fully saturated rings. The predicted octanol–water partition coefficient (Wildman–Crippen LogP) is 1.54. The van der Waals surface area contributed by atoms with E-state index in [-0.39, 0.29) is 18.1 Å². The van der Waals surface area contributed by atoms with Crippen LogP contribution in [-0.2, 0) is 4.74 Å². The molecule has 6 heteroatoms. The fourth-order valence-corrected chi connectivity index (χ4v) is 3.30. The summed E-state index contributed by atoms with van der Waals surface area (Å²) in [4.78, 5) is 18.7. The Balaban J connectivity index is 1.64. The number of nitrogens with zero attached hydrogens (tertiary/aromatic N) is 2. The van der Waals surface area contributed by atoms with E-state index in [9.17, 15) is 4.79 Å². The zero-order chi connectivity index (χ0) is 14.8. The molecule has 2 aliphatic heterocycles. The van der Waals surface area contributed by atoms with Crippen molar-refractivity contribution >= 4 is 23.5 Å². The Hall–Kier alpha value is -1.27. The zero-order valence-electron chi connectivity index (χ0n) is 12.4. The fourth-order valence-electron chi connectivity index (χ4n) is 2.66. The van der Waals surface area contributed by atoms with Crippen molar-refractivity contribution in [2.24, 2.45) is 0 Å². The van der Waals surface area contributed by atoms with Gasteiger partial charge in [-0.05, 0) is 26.0 Å². The number of hydrogen-bond acceptors (Lipinski definition) is 5. The monoisotopic (exact) mass is 307 g/mol. The van der Waals surface area contributed by atoms with Gasteiger partial charge in [-0.1, -0.05) is 0 Å². The number of aromatic nitrogens is 1. The number of thioether (sulfide) groups is 1. The summed E-state index contributed by atoms with van der Waals surface area (Å²) >= 11 is 1.86. The summed E-state index contributed by atoms with van der Waals surface area (Å²) in [6, 6.07) is 4.10.